The van der Waals surface area contributed by atoms with Crippen molar-refractivity contribution in [3.8, 4) is 0 Å². The van der Waals surface area contributed by atoms with E-state index >= 15 is 0 Å². The molecule has 22 heavy (non-hydrogen) atoms. The minimum absolute atomic E-state index is 0.368. The maximum atomic E-state index is 6.38. The maximum absolute atomic E-state index is 6.38. The Morgan fingerprint density at radius 1 is 1.14 bits per heavy atom. The van der Waals surface area contributed by atoms with Crippen LogP contribution in [-0.2, 0) is 0 Å². The van der Waals surface area contributed by atoms with E-state index in [-0.39, 0.29) is 0 Å². The molecule has 3 unspecified atom stereocenters. The maximum Gasteiger partial charge on any atom is 0.141 e. The summed E-state index contributed by atoms with van der Waals surface area (Å²) in [7, 11) is 0. The molecule has 0 bridgehead atoms. The first-order chi connectivity index (χ1) is 10.5. The van der Waals surface area contributed by atoms with E-state index in [0.29, 0.717) is 12.0 Å². The fraction of sp³-hybridized carbons (Fsp3) is 0.647. The molecule has 2 N–H and O–H groups in total. The molecule has 1 aliphatic heterocycles. The molecule has 1 saturated heterocycles. The van der Waals surface area contributed by atoms with Crippen LogP contribution in [0.15, 0.2) is 0 Å². The standard InChI is InChI=1S/C17H24N4S/c1-9-10(2)22-17-15(9)16(19-11(3)20-17)21-7-12-5-4-6-14(18)13(12)8-21/h12-14H,4-8,18H2,1-3H3. The molecule has 3 atom stereocenters. The van der Waals surface area contributed by atoms with E-state index in [2.05, 4.69) is 23.7 Å². The lowest BCUT2D eigenvalue weighted by Gasteiger charge is -2.29. The molecule has 5 heteroatoms. The van der Waals surface area contributed by atoms with Crippen molar-refractivity contribution >= 4 is 27.4 Å². The quantitative estimate of drug-likeness (QED) is 0.878. The number of nitrogens with zero attached hydrogens (tertiary/aromatic N) is 3. The van der Waals surface area contributed by atoms with Crippen LogP contribution in [-0.4, -0.2) is 29.1 Å². The van der Waals surface area contributed by atoms with Gasteiger partial charge in [-0.1, -0.05) is 6.42 Å². The number of rotatable bonds is 1. The summed E-state index contributed by atoms with van der Waals surface area (Å²) in [5.74, 6) is 3.40. The first-order valence-electron chi connectivity index (χ1n) is 8.29. The summed E-state index contributed by atoms with van der Waals surface area (Å²) in [6.07, 6.45) is 3.79. The predicted octanol–water partition coefficient (Wildman–Crippen LogP) is 3.18. The Bertz CT molecular complexity index is 723. The Labute approximate surface area is 135 Å². The lowest BCUT2D eigenvalue weighted by atomic mass is 9.78. The molecule has 0 aromatic carbocycles. The zero-order valence-corrected chi connectivity index (χ0v) is 14.4. The van der Waals surface area contributed by atoms with Gasteiger partial charge in [0.2, 0.25) is 0 Å². The molecule has 4 nitrogen and oxygen atoms in total. The third-order valence-electron chi connectivity index (χ3n) is 5.57. The smallest absolute Gasteiger partial charge is 0.141 e. The molecular weight excluding hydrogens is 292 g/mol. The highest BCUT2D eigenvalue weighted by atomic mass is 32.1. The summed E-state index contributed by atoms with van der Waals surface area (Å²) in [5, 5.41) is 1.26. The van der Waals surface area contributed by atoms with Gasteiger partial charge < -0.3 is 10.6 Å². The molecule has 2 aliphatic rings. The lowest BCUT2D eigenvalue weighted by Crippen LogP contribution is -2.38. The minimum atomic E-state index is 0.368. The van der Waals surface area contributed by atoms with E-state index in [1.807, 2.05) is 6.92 Å². The zero-order chi connectivity index (χ0) is 15.4. The van der Waals surface area contributed by atoms with Crippen LogP contribution >= 0.6 is 11.3 Å². The Kier molecular flexibility index (Phi) is 3.38. The summed E-state index contributed by atoms with van der Waals surface area (Å²) in [4.78, 5) is 14.4. The highest BCUT2D eigenvalue weighted by Gasteiger charge is 2.39. The van der Waals surface area contributed by atoms with Gasteiger partial charge in [0.05, 0.1) is 5.39 Å². The van der Waals surface area contributed by atoms with Gasteiger partial charge in [-0.3, -0.25) is 0 Å². The number of aromatic nitrogens is 2. The second kappa shape index (κ2) is 5.17. The van der Waals surface area contributed by atoms with Crippen LogP contribution in [0, 0.1) is 32.6 Å². The molecular formula is C17H24N4S. The molecule has 0 spiro atoms. The fourth-order valence-corrected chi connectivity index (χ4v) is 5.32. The average molecular weight is 316 g/mol. The summed E-state index contributed by atoms with van der Waals surface area (Å²) in [5.41, 5.74) is 7.72. The summed E-state index contributed by atoms with van der Waals surface area (Å²) >= 11 is 1.79. The molecule has 118 valence electrons. The van der Waals surface area contributed by atoms with Gasteiger partial charge in [-0.25, -0.2) is 9.97 Å². The second-order valence-corrected chi connectivity index (χ2v) is 8.18. The predicted molar refractivity (Wildman–Crippen MR) is 92.6 cm³/mol. The van der Waals surface area contributed by atoms with Crippen LogP contribution in [0.5, 0.6) is 0 Å². The average Bonchev–Trinajstić information content (AvgIpc) is 3.02. The van der Waals surface area contributed by atoms with Crippen LogP contribution in [0.3, 0.4) is 0 Å². The minimum Gasteiger partial charge on any atom is -0.355 e. The Morgan fingerprint density at radius 2 is 1.95 bits per heavy atom. The highest BCUT2D eigenvalue weighted by Crippen LogP contribution is 2.41. The Balaban J connectivity index is 1.78. The zero-order valence-electron chi connectivity index (χ0n) is 13.6. The van der Waals surface area contributed by atoms with Gasteiger partial charge in [-0.2, -0.15) is 0 Å². The van der Waals surface area contributed by atoms with Gasteiger partial charge in [-0.05, 0) is 51.0 Å². The van der Waals surface area contributed by atoms with Gasteiger partial charge in [0.15, 0.2) is 0 Å². The monoisotopic (exact) mass is 316 g/mol. The third kappa shape index (κ3) is 2.14. The van der Waals surface area contributed by atoms with Crippen LogP contribution in [0.2, 0.25) is 0 Å². The number of hydrogen-bond acceptors (Lipinski definition) is 5. The van der Waals surface area contributed by atoms with Gasteiger partial charge in [0.25, 0.3) is 0 Å². The van der Waals surface area contributed by atoms with Crippen molar-refractivity contribution in [3.63, 3.8) is 0 Å². The molecule has 0 radical (unpaired) electrons. The van der Waals surface area contributed by atoms with Crippen molar-refractivity contribution in [1.82, 2.24) is 9.97 Å². The first-order valence-corrected chi connectivity index (χ1v) is 9.11. The van der Waals surface area contributed by atoms with E-state index < -0.39 is 0 Å². The molecule has 0 amide bonds. The topological polar surface area (TPSA) is 55.0 Å². The molecule has 2 aromatic heterocycles. The lowest BCUT2D eigenvalue weighted by molar-refractivity contribution is 0.260. The number of anilines is 1. The van der Waals surface area contributed by atoms with Crippen molar-refractivity contribution in [2.45, 2.75) is 46.1 Å². The SMILES string of the molecule is Cc1nc(N2CC3CCCC(N)C3C2)c2c(C)c(C)sc2n1. The van der Waals surface area contributed by atoms with E-state index in [1.165, 1.54) is 35.1 Å². The second-order valence-electron chi connectivity index (χ2n) is 6.98. The molecule has 2 fully saturated rings. The third-order valence-corrected chi connectivity index (χ3v) is 6.68. The van der Waals surface area contributed by atoms with Gasteiger partial charge >= 0.3 is 0 Å². The van der Waals surface area contributed by atoms with Crippen molar-refractivity contribution in [3.05, 3.63) is 16.3 Å². The van der Waals surface area contributed by atoms with E-state index in [9.17, 15) is 0 Å². The fourth-order valence-electron chi connectivity index (χ4n) is 4.25. The summed E-state index contributed by atoms with van der Waals surface area (Å²) in [6.45, 7) is 8.55. The van der Waals surface area contributed by atoms with Crippen LogP contribution < -0.4 is 10.6 Å². The largest absolute Gasteiger partial charge is 0.355 e. The highest BCUT2D eigenvalue weighted by molar-refractivity contribution is 7.18. The van der Waals surface area contributed by atoms with Crippen molar-refractivity contribution in [2.24, 2.45) is 17.6 Å². The van der Waals surface area contributed by atoms with Crippen LogP contribution in [0.1, 0.15) is 35.5 Å². The molecule has 4 rings (SSSR count). The van der Waals surface area contributed by atoms with E-state index in [1.54, 1.807) is 11.3 Å². The van der Waals surface area contributed by atoms with Gasteiger partial charge in [0.1, 0.15) is 16.5 Å². The number of fused-ring (bicyclic) bond motifs is 2. The van der Waals surface area contributed by atoms with Crippen molar-refractivity contribution in [2.75, 3.05) is 18.0 Å². The van der Waals surface area contributed by atoms with Gasteiger partial charge in [0, 0.05) is 24.0 Å². The molecule has 1 saturated carbocycles. The Morgan fingerprint density at radius 3 is 2.73 bits per heavy atom. The Hall–Kier alpha value is -1.20. The molecule has 3 heterocycles. The van der Waals surface area contributed by atoms with Crippen molar-refractivity contribution in [1.29, 1.82) is 0 Å². The normalized spacial score (nSPS) is 28.4. The van der Waals surface area contributed by atoms with Crippen LogP contribution in [0.4, 0.5) is 5.82 Å². The molecule has 1 aliphatic carbocycles. The first kappa shape index (κ1) is 14.4. The number of aryl methyl sites for hydroxylation is 3. The van der Waals surface area contributed by atoms with E-state index in [4.69, 9.17) is 10.7 Å². The van der Waals surface area contributed by atoms with E-state index in [0.717, 1.165) is 35.5 Å². The van der Waals surface area contributed by atoms with Crippen LogP contribution in [0.25, 0.3) is 10.2 Å². The summed E-state index contributed by atoms with van der Waals surface area (Å²) < 4.78 is 0. The summed E-state index contributed by atoms with van der Waals surface area (Å²) in [6, 6.07) is 0.368. The van der Waals surface area contributed by atoms with Crippen molar-refractivity contribution < 1.29 is 0 Å². The van der Waals surface area contributed by atoms with Gasteiger partial charge in [-0.15, -0.1) is 11.3 Å². The number of thiophene rings is 1. The number of hydrogen-bond donors (Lipinski definition) is 1. The molecule has 2 aromatic rings. The number of nitrogens with two attached hydrogens (primary N) is 1.